The minimum atomic E-state index is -0.193. The van der Waals surface area contributed by atoms with Crippen LogP contribution >= 0.6 is 11.8 Å². The Kier molecular flexibility index (Phi) is 2.60. The van der Waals surface area contributed by atoms with Crippen LogP contribution in [0.5, 0.6) is 0 Å². The third kappa shape index (κ3) is 2.00. The molecule has 1 aliphatic carbocycles. The highest BCUT2D eigenvalue weighted by atomic mass is 32.2. The van der Waals surface area contributed by atoms with E-state index in [4.69, 9.17) is 5.26 Å². The Morgan fingerprint density at radius 1 is 1.44 bits per heavy atom. The summed E-state index contributed by atoms with van der Waals surface area (Å²) < 4.78 is 1.64. The molecule has 8 heteroatoms. The number of nitrogens with zero attached hydrogens (tertiary/aromatic N) is 5. The predicted octanol–water partition coefficient (Wildman–Crippen LogP) is 0.719. The van der Waals surface area contributed by atoms with Gasteiger partial charge in [-0.05, 0) is 24.6 Å². The summed E-state index contributed by atoms with van der Waals surface area (Å²) in [7, 11) is 0. The average Bonchev–Trinajstić information content (AvgIpc) is 3.16. The molecule has 0 bridgehead atoms. The largest absolute Gasteiger partial charge is 0.344 e. The highest BCUT2D eigenvalue weighted by Crippen LogP contribution is 2.37. The first-order valence-electron chi connectivity index (χ1n) is 5.35. The third-order valence-corrected chi connectivity index (χ3v) is 3.41. The minimum absolute atomic E-state index is 0.193. The molecule has 1 saturated carbocycles. The highest BCUT2D eigenvalue weighted by molar-refractivity contribution is 7.99. The van der Waals surface area contributed by atoms with E-state index in [1.807, 2.05) is 6.07 Å². The second-order valence-corrected chi connectivity index (χ2v) is 4.85. The molecule has 0 aromatic carbocycles. The molecule has 1 fully saturated rings. The first-order valence-corrected chi connectivity index (χ1v) is 6.16. The first-order chi connectivity index (χ1) is 8.78. The normalized spacial score (nSPS) is 14.4. The summed E-state index contributed by atoms with van der Waals surface area (Å²) >= 11 is 1.26. The van der Waals surface area contributed by atoms with Gasteiger partial charge in [0.15, 0.2) is 10.9 Å². The van der Waals surface area contributed by atoms with Crippen molar-refractivity contribution in [2.45, 2.75) is 29.1 Å². The van der Waals surface area contributed by atoms with E-state index in [1.54, 1.807) is 4.57 Å². The summed E-state index contributed by atoms with van der Waals surface area (Å²) in [5.41, 5.74) is 0.0718. The van der Waals surface area contributed by atoms with E-state index in [1.165, 1.54) is 24.2 Å². The molecule has 1 N–H and O–H groups in total. The highest BCUT2D eigenvalue weighted by Gasteiger charge is 2.28. The molecule has 1 aliphatic rings. The number of H-pyrrole nitrogens is 1. The van der Waals surface area contributed by atoms with E-state index in [2.05, 4.69) is 20.2 Å². The van der Waals surface area contributed by atoms with Gasteiger partial charge in [-0.3, -0.25) is 4.57 Å². The fourth-order valence-corrected chi connectivity index (χ4v) is 2.36. The summed E-state index contributed by atoms with van der Waals surface area (Å²) in [5.74, 6) is 0. The van der Waals surface area contributed by atoms with Gasteiger partial charge in [0.1, 0.15) is 11.1 Å². The molecule has 0 amide bonds. The summed E-state index contributed by atoms with van der Waals surface area (Å²) in [6.45, 7) is 0. The van der Waals surface area contributed by atoms with Crippen LogP contribution < -0.4 is 5.69 Å². The zero-order chi connectivity index (χ0) is 12.5. The minimum Gasteiger partial charge on any atom is -0.267 e. The fraction of sp³-hybridized carbons (Fsp3) is 0.300. The van der Waals surface area contributed by atoms with Crippen LogP contribution in [0, 0.1) is 11.3 Å². The van der Waals surface area contributed by atoms with Crippen molar-refractivity contribution in [2.75, 3.05) is 0 Å². The number of hydrogen-bond acceptors (Lipinski definition) is 6. The van der Waals surface area contributed by atoms with Gasteiger partial charge in [0, 0.05) is 6.04 Å². The van der Waals surface area contributed by atoms with Gasteiger partial charge in [-0.15, -0.1) is 5.10 Å². The van der Waals surface area contributed by atoms with Gasteiger partial charge >= 0.3 is 5.69 Å². The smallest absolute Gasteiger partial charge is 0.267 e. The summed E-state index contributed by atoms with van der Waals surface area (Å²) in [4.78, 5) is 19.6. The lowest BCUT2D eigenvalue weighted by molar-refractivity contribution is 0.642. The lowest BCUT2D eigenvalue weighted by Crippen LogP contribution is -2.16. The van der Waals surface area contributed by atoms with Crippen molar-refractivity contribution in [3.8, 4) is 6.07 Å². The summed E-state index contributed by atoms with van der Waals surface area (Å²) in [5, 5.41) is 16.2. The van der Waals surface area contributed by atoms with Gasteiger partial charge in [0.2, 0.25) is 0 Å². The van der Waals surface area contributed by atoms with Crippen LogP contribution in [0.15, 0.2) is 27.4 Å². The van der Waals surface area contributed by atoms with Crippen LogP contribution in [0.25, 0.3) is 0 Å². The second kappa shape index (κ2) is 4.27. The van der Waals surface area contributed by atoms with Crippen LogP contribution in [-0.2, 0) is 0 Å². The number of rotatable bonds is 3. The van der Waals surface area contributed by atoms with Gasteiger partial charge in [-0.25, -0.2) is 19.9 Å². The average molecular weight is 260 g/mol. The number of aromatic nitrogens is 5. The molecule has 2 aromatic heterocycles. The maximum atomic E-state index is 11.6. The van der Waals surface area contributed by atoms with Crippen molar-refractivity contribution < 1.29 is 0 Å². The van der Waals surface area contributed by atoms with Crippen molar-refractivity contribution in [3.05, 3.63) is 28.6 Å². The Morgan fingerprint density at radius 2 is 2.28 bits per heavy atom. The quantitative estimate of drug-likeness (QED) is 0.872. The third-order valence-electron chi connectivity index (χ3n) is 2.52. The van der Waals surface area contributed by atoms with E-state index in [-0.39, 0.29) is 17.4 Å². The summed E-state index contributed by atoms with van der Waals surface area (Å²) in [6, 6.07) is 2.16. The molecule has 0 saturated heterocycles. The summed E-state index contributed by atoms with van der Waals surface area (Å²) in [6.07, 6.45) is 4.91. The number of nitrogens with one attached hydrogen (secondary N) is 1. The predicted molar refractivity (Wildman–Crippen MR) is 62.0 cm³/mol. The SMILES string of the molecule is N#Cc1cnc(Sc2n[nH]c(=O)n2C2CC2)cn1. The van der Waals surface area contributed by atoms with Gasteiger partial charge in [0.05, 0.1) is 12.4 Å². The van der Waals surface area contributed by atoms with Gasteiger partial charge in [0.25, 0.3) is 0 Å². The van der Waals surface area contributed by atoms with Crippen molar-refractivity contribution in [3.63, 3.8) is 0 Å². The van der Waals surface area contributed by atoms with E-state index in [0.717, 1.165) is 12.8 Å². The lowest BCUT2D eigenvalue weighted by atomic mass is 10.5. The fourth-order valence-electron chi connectivity index (χ4n) is 1.54. The molecule has 18 heavy (non-hydrogen) atoms. The molecule has 0 unspecified atom stereocenters. The molecule has 0 atom stereocenters. The van der Waals surface area contributed by atoms with E-state index < -0.39 is 0 Å². The molecule has 2 aromatic rings. The maximum absolute atomic E-state index is 11.6. The van der Waals surface area contributed by atoms with Crippen LogP contribution in [0.2, 0.25) is 0 Å². The van der Waals surface area contributed by atoms with Crippen molar-refractivity contribution >= 4 is 11.8 Å². The maximum Gasteiger partial charge on any atom is 0.344 e. The Labute approximate surface area is 106 Å². The second-order valence-electron chi connectivity index (χ2n) is 3.87. The molecule has 0 radical (unpaired) electrons. The van der Waals surface area contributed by atoms with Crippen molar-refractivity contribution in [1.29, 1.82) is 5.26 Å². The first kappa shape index (κ1) is 11.0. The molecule has 7 nitrogen and oxygen atoms in total. The topological polar surface area (TPSA) is 100 Å². The van der Waals surface area contributed by atoms with Crippen LogP contribution in [0.3, 0.4) is 0 Å². The van der Waals surface area contributed by atoms with E-state index in [0.29, 0.717) is 10.2 Å². The Hall–Kier alpha value is -2.14. The number of aromatic amines is 1. The van der Waals surface area contributed by atoms with Crippen LogP contribution in [0.1, 0.15) is 24.6 Å². The van der Waals surface area contributed by atoms with Gasteiger partial charge in [-0.2, -0.15) is 5.26 Å². The molecular formula is C10H8N6OS. The molecular weight excluding hydrogens is 252 g/mol. The lowest BCUT2D eigenvalue weighted by Gasteiger charge is -2.01. The Morgan fingerprint density at radius 3 is 2.89 bits per heavy atom. The monoisotopic (exact) mass is 260 g/mol. The molecule has 0 spiro atoms. The van der Waals surface area contributed by atoms with E-state index in [9.17, 15) is 4.79 Å². The van der Waals surface area contributed by atoms with Crippen LogP contribution in [-0.4, -0.2) is 24.7 Å². The van der Waals surface area contributed by atoms with Crippen molar-refractivity contribution in [2.24, 2.45) is 0 Å². The van der Waals surface area contributed by atoms with Crippen molar-refractivity contribution in [1.82, 2.24) is 24.7 Å². The molecule has 3 rings (SSSR count). The Bertz CT molecular complexity index is 663. The standard InChI is InChI=1S/C10H8N6OS/c11-3-6-4-13-8(5-12-6)18-10-15-14-9(17)16(10)7-1-2-7/h4-5,7H,1-2H2,(H,14,17). The zero-order valence-electron chi connectivity index (χ0n) is 9.20. The molecule has 0 aliphatic heterocycles. The van der Waals surface area contributed by atoms with E-state index >= 15 is 0 Å². The molecule has 90 valence electrons. The number of hydrogen-bond donors (Lipinski definition) is 1. The Balaban J connectivity index is 1.88. The zero-order valence-corrected chi connectivity index (χ0v) is 10.0. The molecule has 2 heterocycles. The number of nitriles is 1. The van der Waals surface area contributed by atoms with Crippen LogP contribution in [0.4, 0.5) is 0 Å². The van der Waals surface area contributed by atoms with Gasteiger partial charge in [-0.1, -0.05) is 0 Å². The van der Waals surface area contributed by atoms with Gasteiger partial charge < -0.3 is 0 Å².